The molecule has 0 unspecified atom stereocenters. The molecule has 0 saturated heterocycles. The summed E-state index contributed by atoms with van der Waals surface area (Å²) >= 11 is 0. The molecule has 0 saturated carbocycles. The van der Waals surface area contributed by atoms with Crippen LogP contribution >= 0.6 is 0 Å². The van der Waals surface area contributed by atoms with Gasteiger partial charge in [0.1, 0.15) is 6.20 Å². The summed E-state index contributed by atoms with van der Waals surface area (Å²) in [5.74, 6) is 0.401. The molecule has 2 aromatic rings. The van der Waals surface area contributed by atoms with E-state index in [1.165, 1.54) is 26.2 Å². The first-order chi connectivity index (χ1) is 11.0. The highest BCUT2D eigenvalue weighted by Gasteiger charge is 2.10. The third kappa shape index (κ3) is 4.30. The fourth-order valence-corrected chi connectivity index (χ4v) is 1.60. The van der Waals surface area contributed by atoms with Crippen molar-refractivity contribution in [3.8, 4) is 17.4 Å². The number of pyridine rings is 1. The number of rotatable bonds is 6. The topological polar surface area (TPSA) is 113 Å². The van der Waals surface area contributed by atoms with Gasteiger partial charge in [-0.2, -0.15) is 0 Å². The molecule has 0 aliphatic rings. The molecule has 120 valence electrons. The van der Waals surface area contributed by atoms with E-state index in [0.29, 0.717) is 17.2 Å². The van der Waals surface area contributed by atoms with Crippen molar-refractivity contribution in [2.75, 3.05) is 12.6 Å². The summed E-state index contributed by atoms with van der Waals surface area (Å²) in [4.78, 5) is 29.3. The Kier molecular flexibility index (Phi) is 4.92. The van der Waals surface area contributed by atoms with Crippen LogP contribution in [0.2, 0.25) is 0 Å². The molecule has 0 spiro atoms. The molecule has 0 radical (unpaired) electrons. The molecule has 0 fully saturated rings. The van der Waals surface area contributed by atoms with Gasteiger partial charge in [-0.15, -0.1) is 0 Å². The van der Waals surface area contributed by atoms with Crippen molar-refractivity contribution >= 4 is 17.3 Å². The number of anilines is 1. The van der Waals surface area contributed by atoms with Gasteiger partial charge in [0.2, 0.25) is 5.88 Å². The minimum Gasteiger partial charge on any atom is -0.493 e. The number of hydrogen-bond acceptors (Lipinski definition) is 8. The Morgan fingerprint density at radius 3 is 2.61 bits per heavy atom. The first-order valence-electron chi connectivity index (χ1n) is 6.39. The van der Waals surface area contributed by atoms with Crippen LogP contribution < -0.4 is 15.0 Å². The van der Waals surface area contributed by atoms with Crippen molar-refractivity contribution < 1.29 is 24.0 Å². The third-order valence-corrected chi connectivity index (χ3v) is 2.62. The average molecular weight is 319 g/mol. The number of nitro groups is 1. The molecule has 1 N–H and O–H groups in total. The van der Waals surface area contributed by atoms with Gasteiger partial charge in [0.15, 0.2) is 11.5 Å². The van der Waals surface area contributed by atoms with Crippen LogP contribution in [0.15, 0.2) is 36.5 Å². The van der Waals surface area contributed by atoms with Crippen molar-refractivity contribution in [2.24, 2.45) is 0 Å². The van der Waals surface area contributed by atoms with Crippen molar-refractivity contribution in [2.45, 2.75) is 6.92 Å². The summed E-state index contributed by atoms with van der Waals surface area (Å²) in [5.41, 5.74) is 2.81. The number of aromatic nitrogens is 1. The molecule has 0 aliphatic heterocycles. The number of carbonyl (C=O) groups is 1. The lowest BCUT2D eigenvalue weighted by Crippen LogP contribution is -2.06. The molecule has 9 nitrogen and oxygen atoms in total. The first kappa shape index (κ1) is 16.0. The van der Waals surface area contributed by atoms with Crippen LogP contribution in [0.3, 0.4) is 0 Å². The smallest absolute Gasteiger partial charge is 0.329 e. The van der Waals surface area contributed by atoms with E-state index in [0.717, 1.165) is 6.20 Å². The van der Waals surface area contributed by atoms with E-state index >= 15 is 0 Å². The van der Waals surface area contributed by atoms with Crippen molar-refractivity contribution in [3.05, 3.63) is 46.6 Å². The molecule has 1 aromatic carbocycles. The highest BCUT2D eigenvalue weighted by Crippen LogP contribution is 2.33. The summed E-state index contributed by atoms with van der Waals surface area (Å²) in [7, 11) is 1.45. The Hall–Kier alpha value is -3.36. The summed E-state index contributed by atoms with van der Waals surface area (Å²) in [6, 6.07) is 7.40. The number of methoxy groups -OCH3 is 1. The fourth-order valence-electron chi connectivity index (χ4n) is 1.60. The predicted octanol–water partition coefficient (Wildman–Crippen LogP) is 2.68. The molecule has 1 heterocycles. The molecular formula is C14H13N3O6. The lowest BCUT2D eigenvalue weighted by Gasteiger charge is -2.11. The average Bonchev–Trinajstić information content (AvgIpc) is 2.54. The van der Waals surface area contributed by atoms with Gasteiger partial charge in [-0.3, -0.25) is 14.9 Å². The van der Waals surface area contributed by atoms with E-state index in [1.54, 1.807) is 18.2 Å². The maximum Gasteiger partial charge on any atom is 0.329 e. The van der Waals surface area contributed by atoms with Crippen LogP contribution in [-0.4, -0.2) is 23.0 Å². The van der Waals surface area contributed by atoms with Gasteiger partial charge < -0.3 is 14.3 Å². The van der Waals surface area contributed by atoms with E-state index in [1.807, 2.05) is 0 Å². The summed E-state index contributed by atoms with van der Waals surface area (Å²) in [6.45, 7) is 1.27. The van der Waals surface area contributed by atoms with E-state index in [9.17, 15) is 14.9 Å². The van der Waals surface area contributed by atoms with E-state index in [2.05, 4.69) is 15.3 Å². The number of ether oxygens (including phenoxy) is 2. The standard InChI is InChI=1S/C14H13N3O6/c1-9(18)23-16-10-3-5-12(13(7-10)21-2)22-14-6-4-11(8-15-14)17(19)20/h3-8,16H,1-2H3. The quantitative estimate of drug-likeness (QED) is 0.638. The van der Waals surface area contributed by atoms with Gasteiger partial charge in [0.25, 0.3) is 5.69 Å². The van der Waals surface area contributed by atoms with Crippen LogP contribution in [0.5, 0.6) is 17.4 Å². The second-order valence-corrected chi connectivity index (χ2v) is 4.28. The number of nitrogens with one attached hydrogen (secondary N) is 1. The van der Waals surface area contributed by atoms with Crippen LogP contribution in [0.1, 0.15) is 6.92 Å². The number of nitrogens with zero attached hydrogens (tertiary/aromatic N) is 2. The third-order valence-electron chi connectivity index (χ3n) is 2.62. The molecule has 0 aliphatic carbocycles. The van der Waals surface area contributed by atoms with Gasteiger partial charge in [-0.1, -0.05) is 0 Å². The molecule has 0 atom stereocenters. The van der Waals surface area contributed by atoms with Crippen LogP contribution in [0.4, 0.5) is 11.4 Å². The maximum absolute atomic E-state index is 10.8. The van der Waals surface area contributed by atoms with Gasteiger partial charge >= 0.3 is 5.97 Å². The molecule has 0 bridgehead atoms. The zero-order valence-corrected chi connectivity index (χ0v) is 12.3. The van der Waals surface area contributed by atoms with Crippen molar-refractivity contribution in [1.29, 1.82) is 0 Å². The van der Waals surface area contributed by atoms with Crippen molar-refractivity contribution in [3.63, 3.8) is 0 Å². The first-order valence-corrected chi connectivity index (χ1v) is 6.39. The molecule has 0 amide bonds. The molecular weight excluding hydrogens is 306 g/mol. The van der Waals surface area contributed by atoms with Gasteiger partial charge in [-0.25, -0.2) is 10.5 Å². The lowest BCUT2D eigenvalue weighted by atomic mass is 10.3. The Balaban J connectivity index is 2.15. The van der Waals surface area contributed by atoms with E-state index in [-0.39, 0.29) is 11.6 Å². The molecule has 23 heavy (non-hydrogen) atoms. The Labute approximate surface area is 130 Å². The summed E-state index contributed by atoms with van der Waals surface area (Å²) in [5, 5.41) is 10.6. The minimum atomic E-state index is -0.549. The number of hydrogen-bond donors (Lipinski definition) is 1. The van der Waals surface area contributed by atoms with E-state index in [4.69, 9.17) is 9.47 Å². The molecule has 2 rings (SSSR count). The maximum atomic E-state index is 10.8. The number of benzene rings is 1. The SMILES string of the molecule is COc1cc(NOC(C)=O)ccc1Oc1ccc([N+](=O)[O-])cn1. The number of carbonyl (C=O) groups excluding carboxylic acids is 1. The second kappa shape index (κ2) is 7.07. The fraction of sp³-hybridized carbons (Fsp3) is 0.143. The summed E-state index contributed by atoms with van der Waals surface area (Å²) < 4.78 is 10.7. The largest absolute Gasteiger partial charge is 0.493 e. The van der Waals surface area contributed by atoms with Crippen LogP contribution in [-0.2, 0) is 9.63 Å². The predicted molar refractivity (Wildman–Crippen MR) is 79.3 cm³/mol. The van der Waals surface area contributed by atoms with Gasteiger partial charge in [0, 0.05) is 25.1 Å². The second-order valence-electron chi connectivity index (χ2n) is 4.28. The van der Waals surface area contributed by atoms with Crippen LogP contribution in [0.25, 0.3) is 0 Å². The summed E-state index contributed by atoms with van der Waals surface area (Å²) in [6.07, 6.45) is 1.10. The monoisotopic (exact) mass is 319 g/mol. The zero-order valence-electron chi connectivity index (χ0n) is 12.3. The molecule has 1 aromatic heterocycles. The normalized spacial score (nSPS) is 9.83. The van der Waals surface area contributed by atoms with Crippen molar-refractivity contribution in [1.82, 2.24) is 4.98 Å². The highest BCUT2D eigenvalue weighted by atomic mass is 16.7. The Morgan fingerprint density at radius 2 is 2.04 bits per heavy atom. The highest BCUT2D eigenvalue weighted by molar-refractivity contribution is 5.67. The minimum absolute atomic E-state index is 0.134. The Bertz CT molecular complexity index is 717. The van der Waals surface area contributed by atoms with Gasteiger partial charge in [-0.05, 0) is 12.1 Å². The van der Waals surface area contributed by atoms with Gasteiger partial charge in [0.05, 0.1) is 17.7 Å². The Morgan fingerprint density at radius 1 is 1.26 bits per heavy atom. The van der Waals surface area contributed by atoms with Crippen LogP contribution in [0, 0.1) is 10.1 Å². The zero-order chi connectivity index (χ0) is 16.8. The molecule has 9 heteroatoms. The lowest BCUT2D eigenvalue weighted by molar-refractivity contribution is -0.385. The van der Waals surface area contributed by atoms with E-state index < -0.39 is 10.9 Å².